The summed E-state index contributed by atoms with van der Waals surface area (Å²) in [4.78, 5) is 12.3. The Balaban J connectivity index is 1.66. The van der Waals surface area contributed by atoms with E-state index in [9.17, 15) is 17.6 Å². The minimum atomic E-state index is -3.60. The van der Waals surface area contributed by atoms with Crippen LogP contribution in [0.15, 0.2) is 53.4 Å². The Labute approximate surface area is 158 Å². The number of hydrogen-bond acceptors (Lipinski definition) is 4. The third-order valence-electron chi connectivity index (χ3n) is 4.33. The third-order valence-corrected chi connectivity index (χ3v) is 6.36. The quantitative estimate of drug-likeness (QED) is 0.848. The summed E-state index contributed by atoms with van der Waals surface area (Å²) in [6, 6.07) is 11.5. The molecule has 3 rings (SSSR count). The normalized spacial score (nSPS) is 18.2. The molecule has 1 amide bonds. The smallest absolute Gasteiger partial charge is 0.243 e. The zero-order valence-corrected chi connectivity index (χ0v) is 15.7. The molecule has 0 spiro atoms. The maximum absolute atomic E-state index is 12.9. The van der Waals surface area contributed by atoms with Crippen LogP contribution in [0.5, 0.6) is 0 Å². The Bertz CT molecular complexity index is 898. The van der Waals surface area contributed by atoms with Gasteiger partial charge in [0.05, 0.1) is 24.5 Å². The molecular weight excluding hydrogens is 371 g/mol. The minimum absolute atomic E-state index is 0.103. The lowest BCUT2D eigenvalue weighted by Gasteiger charge is -2.32. The number of hydrogen-bond donors (Lipinski definition) is 1. The van der Waals surface area contributed by atoms with Crippen molar-refractivity contribution in [2.45, 2.75) is 24.3 Å². The van der Waals surface area contributed by atoms with Crippen LogP contribution in [0.1, 0.15) is 12.5 Å². The fourth-order valence-corrected chi connectivity index (χ4v) is 4.51. The van der Waals surface area contributed by atoms with E-state index in [2.05, 4.69) is 5.32 Å². The second-order valence-electron chi connectivity index (χ2n) is 6.42. The summed E-state index contributed by atoms with van der Waals surface area (Å²) < 4.78 is 45.1. The largest absolute Gasteiger partial charge is 0.378 e. The van der Waals surface area contributed by atoms with Crippen molar-refractivity contribution in [2.24, 2.45) is 0 Å². The van der Waals surface area contributed by atoms with E-state index in [-0.39, 0.29) is 29.1 Å². The molecule has 0 saturated carbocycles. The number of rotatable bonds is 5. The second kappa shape index (κ2) is 8.16. The van der Waals surface area contributed by atoms with E-state index < -0.39 is 10.0 Å². The fraction of sp³-hybridized carbons (Fsp3) is 0.316. The van der Waals surface area contributed by atoms with E-state index in [4.69, 9.17) is 4.74 Å². The first-order valence-corrected chi connectivity index (χ1v) is 10.0. The number of benzene rings is 2. The van der Waals surface area contributed by atoms with Crippen LogP contribution < -0.4 is 5.32 Å². The minimum Gasteiger partial charge on any atom is -0.378 e. The van der Waals surface area contributed by atoms with Crippen molar-refractivity contribution >= 4 is 21.6 Å². The van der Waals surface area contributed by atoms with Crippen LogP contribution >= 0.6 is 0 Å². The highest BCUT2D eigenvalue weighted by Crippen LogP contribution is 2.22. The lowest BCUT2D eigenvalue weighted by Crippen LogP contribution is -2.46. The van der Waals surface area contributed by atoms with Gasteiger partial charge in [0.1, 0.15) is 5.82 Å². The average molecular weight is 392 g/mol. The molecule has 1 heterocycles. The van der Waals surface area contributed by atoms with Crippen LogP contribution in [0, 0.1) is 5.82 Å². The molecule has 0 aliphatic carbocycles. The van der Waals surface area contributed by atoms with Gasteiger partial charge in [-0.15, -0.1) is 0 Å². The van der Waals surface area contributed by atoms with Gasteiger partial charge in [-0.1, -0.05) is 12.1 Å². The highest BCUT2D eigenvalue weighted by Gasteiger charge is 2.31. The number of sulfonamides is 1. The zero-order valence-electron chi connectivity index (χ0n) is 14.9. The summed E-state index contributed by atoms with van der Waals surface area (Å²) in [5, 5.41) is 2.71. The van der Waals surface area contributed by atoms with E-state index in [0.717, 1.165) is 0 Å². The van der Waals surface area contributed by atoms with Crippen molar-refractivity contribution in [3.05, 3.63) is 59.9 Å². The van der Waals surface area contributed by atoms with Gasteiger partial charge in [-0.2, -0.15) is 4.31 Å². The van der Waals surface area contributed by atoms with Crippen molar-refractivity contribution in [1.82, 2.24) is 4.31 Å². The van der Waals surface area contributed by atoms with Crippen LogP contribution in [0.25, 0.3) is 0 Å². The molecule has 1 aliphatic heterocycles. The summed E-state index contributed by atoms with van der Waals surface area (Å²) >= 11 is 0. The molecule has 1 saturated heterocycles. The maximum atomic E-state index is 12.9. The number of carbonyl (C=O) groups is 1. The SMILES string of the molecule is CC1COCCN1S(=O)(=O)c1ccc(NC(=O)Cc2ccc(F)cc2)cc1. The van der Waals surface area contributed by atoms with Gasteiger partial charge >= 0.3 is 0 Å². The summed E-state index contributed by atoms with van der Waals surface area (Å²) in [6.45, 7) is 2.87. The summed E-state index contributed by atoms with van der Waals surface area (Å²) in [5.74, 6) is -0.621. The summed E-state index contributed by atoms with van der Waals surface area (Å²) in [5.41, 5.74) is 1.19. The number of anilines is 1. The van der Waals surface area contributed by atoms with E-state index in [1.165, 1.54) is 28.6 Å². The van der Waals surface area contributed by atoms with Gasteiger partial charge in [-0.25, -0.2) is 12.8 Å². The fourth-order valence-electron chi connectivity index (χ4n) is 2.91. The molecule has 2 aromatic carbocycles. The molecule has 1 aliphatic rings. The number of carbonyl (C=O) groups excluding carboxylic acids is 1. The summed E-state index contributed by atoms with van der Waals surface area (Å²) in [6.07, 6.45) is 0.103. The maximum Gasteiger partial charge on any atom is 0.243 e. The van der Waals surface area contributed by atoms with Crippen LogP contribution in [0.4, 0.5) is 10.1 Å². The van der Waals surface area contributed by atoms with Gasteiger partial charge in [-0.3, -0.25) is 4.79 Å². The first-order chi connectivity index (χ1) is 12.9. The molecule has 6 nitrogen and oxygen atoms in total. The van der Waals surface area contributed by atoms with Crippen LogP contribution in [-0.2, 0) is 26.0 Å². The van der Waals surface area contributed by atoms with E-state index >= 15 is 0 Å². The topological polar surface area (TPSA) is 75.7 Å². The Morgan fingerprint density at radius 1 is 1.19 bits per heavy atom. The average Bonchev–Trinajstić information content (AvgIpc) is 2.64. The molecule has 1 atom stereocenters. The number of halogens is 1. The molecule has 0 radical (unpaired) electrons. The predicted molar refractivity (Wildman–Crippen MR) is 99.3 cm³/mol. The number of morpholine rings is 1. The highest BCUT2D eigenvalue weighted by atomic mass is 32.2. The van der Waals surface area contributed by atoms with Crippen molar-refractivity contribution < 1.29 is 22.3 Å². The van der Waals surface area contributed by atoms with Crippen molar-refractivity contribution in [2.75, 3.05) is 25.1 Å². The number of nitrogens with zero attached hydrogens (tertiary/aromatic N) is 1. The molecule has 2 aromatic rings. The van der Waals surface area contributed by atoms with Gasteiger partial charge in [0.15, 0.2) is 0 Å². The molecule has 1 N–H and O–H groups in total. The first kappa shape index (κ1) is 19.5. The van der Waals surface area contributed by atoms with Gasteiger partial charge < -0.3 is 10.1 Å². The van der Waals surface area contributed by atoms with E-state index in [1.807, 2.05) is 0 Å². The predicted octanol–water partition coefficient (Wildman–Crippen LogP) is 2.42. The monoisotopic (exact) mass is 392 g/mol. The second-order valence-corrected chi connectivity index (χ2v) is 8.31. The lowest BCUT2D eigenvalue weighted by atomic mass is 10.1. The Hall–Kier alpha value is -2.29. The number of nitrogens with one attached hydrogen (secondary N) is 1. The Morgan fingerprint density at radius 2 is 1.85 bits per heavy atom. The molecule has 27 heavy (non-hydrogen) atoms. The lowest BCUT2D eigenvalue weighted by molar-refractivity contribution is -0.115. The standard InChI is InChI=1S/C19H21FN2O4S/c1-14-13-26-11-10-22(14)27(24,25)18-8-6-17(7-9-18)21-19(23)12-15-2-4-16(20)5-3-15/h2-9,14H,10-13H2,1H3,(H,21,23). The first-order valence-electron chi connectivity index (χ1n) is 8.60. The van der Waals surface area contributed by atoms with Crippen molar-refractivity contribution in [3.63, 3.8) is 0 Å². The van der Waals surface area contributed by atoms with Gasteiger partial charge in [0, 0.05) is 18.3 Å². The molecule has 1 fully saturated rings. The molecular formula is C19H21FN2O4S. The van der Waals surface area contributed by atoms with Gasteiger partial charge in [0.25, 0.3) is 0 Å². The van der Waals surface area contributed by atoms with Crippen LogP contribution in [0.2, 0.25) is 0 Å². The van der Waals surface area contributed by atoms with Crippen LogP contribution in [0.3, 0.4) is 0 Å². The molecule has 8 heteroatoms. The van der Waals surface area contributed by atoms with Crippen LogP contribution in [-0.4, -0.2) is 44.4 Å². The zero-order chi connectivity index (χ0) is 19.4. The highest BCUT2D eigenvalue weighted by molar-refractivity contribution is 7.89. The van der Waals surface area contributed by atoms with Gasteiger partial charge in [-0.05, 0) is 48.9 Å². The van der Waals surface area contributed by atoms with Crippen molar-refractivity contribution in [3.8, 4) is 0 Å². The van der Waals surface area contributed by atoms with E-state index in [1.54, 1.807) is 31.2 Å². The van der Waals surface area contributed by atoms with Crippen molar-refractivity contribution in [1.29, 1.82) is 0 Å². The molecule has 0 bridgehead atoms. The Kier molecular flexibility index (Phi) is 5.88. The number of amides is 1. The molecule has 0 aromatic heterocycles. The van der Waals surface area contributed by atoms with Gasteiger partial charge in [0.2, 0.25) is 15.9 Å². The molecule has 144 valence electrons. The number of ether oxygens (including phenoxy) is 1. The molecule has 1 unspecified atom stereocenters. The third kappa shape index (κ3) is 4.71. The van der Waals surface area contributed by atoms with E-state index in [0.29, 0.717) is 31.0 Å². The summed E-state index contributed by atoms with van der Waals surface area (Å²) in [7, 11) is -3.60. The Morgan fingerprint density at radius 3 is 2.48 bits per heavy atom.